The lowest BCUT2D eigenvalue weighted by Crippen LogP contribution is -2.38. The first kappa shape index (κ1) is 12.7. The summed E-state index contributed by atoms with van der Waals surface area (Å²) in [6.07, 6.45) is 2.78. The summed E-state index contributed by atoms with van der Waals surface area (Å²) < 4.78 is 1.69. The Morgan fingerprint density at radius 3 is 2.69 bits per heavy atom. The van der Waals surface area contributed by atoms with E-state index in [2.05, 4.69) is 17.3 Å². The zero-order valence-corrected chi connectivity index (χ0v) is 10.3. The maximum Gasteiger partial charge on any atom is 0.239 e. The van der Waals surface area contributed by atoms with Gasteiger partial charge in [-0.3, -0.25) is 14.8 Å². The minimum atomic E-state index is -0.455. The average Bonchev–Trinajstić information content (AvgIpc) is 2.53. The van der Waals surface area contributed by atoms with Gasteiger partial charge in [-0.2, -0.15) is 5.10 Å². The third-order valence-corrected chi connectivity index (χ3v) is 2.71. The molecule has 3 N–H and O–H groups in total. The molecule has 0 spiro atoms. The number of amides is 1. The van der Waals surface area contributed by atoms with Gasteiger partial charge in [-0.25, -0.2) is 0 Å². The molecule has 5 heteroatoms. The fraction of sp³-hybridized carbons (Fsp3) is 0.636. The summed E-state index contributed by atoms with van der Waals surface area (Å²) in [4.78, 5) is 11.4. The molecule has 0 aliphatic heterocycles. The van der Waals surface area contributed by atoms with Crippen molar-refractivity contribution in [3.8, 4) is 0 Å². The average molecular weight is 224 g/mol. The maximum absolute atomic E-state index is 11.4. The van der Waals surface area contributed by atoms with E-state index < -0.39 is 6.04 Å². The highest BCUT2D eigenvalue weighted by Crippen LogP contribution is 2.17. The zero-order chi connectivity index (χ0) is 12.3. The minimum absolute atomic E-state index is 0.247. The van der Waals surface area contributed by atoms with E-state index in [1.165, 1.54) is 0 Å². The van der Waals surface area contributed by atoms with Crippen molar-refractivity contribution in [2.75, 3.05) is 0 Å². The van der Waals surface area contributed by atoms with Crippen molar-refractivity contribution in [1.82, 2.24) is 15.1 Å². The van der Waals surface area contributed by atoms with Crippen molar-refractivity contribution in [2.24, 2.45) is 12.8 Å². The summed E-state index contributed by atoms with van der Waals surface area (Å²) in [5.41, 5.74) is 7.10. The second kappa shape index (κ2) is 5.12. The molecular weight excluding hydrogens is 204 g/mol. The molecule has 90 valence electrons. The summed E-state index contributed by atoms with van der Waals surface area (Å²) in [6, 6.07) is -0.208. The normalized spacial score (nSPS) is 14.8. The van der Waals surface area contributed by atoms with E-state index >= 15 is 0 Å². The minimum Gasteiger partial charge on any atom is -0.368 e. The first-order chi connectivity index (χ1) is 7.45. The first-order valence-corrected chi connectivity index (χ1v) is 5.51. The molecule has 1 aromatic heterocycles. The fourth-order valence-corrected chi connectivity index (χ4v) is 1.63. The van der Waals surface area contributed by atoms with E-state index in [-0.39, 0.29) is 11.9 Å². The molecule has 1 amide bonds. The first-order valence-electron chi connectivity index (χ1n) is 5.51. The molecule has 1 heterocycles. The van der Waals surface area contributed by atoms with Crippen LogP contribution in [0.25, 0.3) is 0 Å². The van der Waals surface area contributed by atoms with Crippen LogP contribution < -0.4 is 11.1 Å². The summed E-state index contributed by atoms with van der Waals surface area (Å²) in [5, 5.41) is 7.43. The van der Waals surface area contributed by atoms with Crippen molar-refractivity contribution in [3.05, 3.63) is 17.5 Å². The van der Waals surface area contributed by atoms with Gasteiger partial charge < -0.3 is 5.73 Å². The van der Waals surface area contributed by atoms with E-state index in [1.54, 1.807) is 4.68 Å². The Bertz CT molecular complexity index is 372. The number of nitrogens with two attached hydrogens (primary N) is 1. The second-order valence-electron chi connectivity index (χ2n) is 4.15. The standard InChI is InChI=1S/C11H20N4O/c1-5-7(2)13-10(11(12)16)9-6-15(4)14-8(9)3/h6-7,10,13H,5H2,1-4H3,(H2,12,16). The van der Waals surface area contributed by atoms with E-state index in [0.717, 1.165) is 17.7 Å². The molecule has 0 aliphatic carbocycles. The van der Waals surface area contributed by atoms with Gasteiger partial charge in [-0.1, -0.05) is 6.92 Å². The van der Waals surface area contributed by atoms with Gasteiger partial charge in [0.25, 0.3) is 0 Å². The Morgan fingerprint density at radius 1 is 1.69 bits per heavy atom. The Morgan fingerprint density at radius 2 is 2.31 bits per heavy atom. The Labute approximate surface area is 96.0 Å². The molecule has 0 saturated heterocycles. The Hall–Kier alpha value is -1.36. The van der Waals surface area contributed by atoms with Crippen LogP contribution in [0.4, 0.5) is 0 Å². The van der Waals surface area contributed by atoms with Crippen LogP contribution in [0.3, 0.4) is 0 Å². The van der Waals surface area contributed by atoms with Crippen LogP contribution in [-0.2, 0) is 11.8 Å². The predicted molar refractivity (Wildman–Crippen MR) is 62.8 cm³/mol. The molecular formula is C11H20N4O. The molecule has 5 nitrogen and oxygen atoms in total. The van der Waals surface area contributed by atoms with Gasteiger partial charge in [0.05, 0.1) is 5.69 Å². The summed E-state index contributed by atoms with van der Waals surface area (Å²) >= 11 is 0. The topological polar surface area (TPSA) is 72.9 Å². The SMILES string of the molecule is CCC(C)NC(C(N)=O)c1cn(C)nc1C. The molecule has 2 unspecified atom stereocenters. The molecule has 1 aromatic rings. The quantitative estimate of drug-likeness (QED) is 0.771. The van der Waals surface area contributed by atoms with Gasteiger partial charge in [-0.05, 0) is 20.3 Å². The number of nitrogens with one attached hydrogen (secondary N) is 1. The van der Waals surface area contributed by atoms with Crippen LogP contribution in [0.1, 0.15) is 37.6 Å². The number of nitrogens with zero attached hydrogens (tertiary/aromatic N) is 2. The molecule has 0 aromatic carbocycles. The number of aromatic nitrogens is 2. The van der Waals surface area contributed by atoms with Crippen molar-refractivity contribution in [1.29, 1.82) is 0 Å². The number of carbonyl (C=O) groups is 1. The lowest BCUT2D eigenvalue weighted by Gasteiger charge is -2.19. The molecule has 0 bridgehead atoms. The third-order valence-electron chi connectivity index (χ3n) is 2.71. The molecule has 0 aliphatic rings. The Kier molecular flexibility index (Phi) is 4.06. The van der Waals surface area contributed by atoms with Crippen LogP contribution in [0.15, 0.2) is 6.20 Å². The van der Waals surface area contributed by atoms with Crippen molar-refractivity contribution in [3.63, 3.8) is 0 Å². The largest absolute Gasteiger partial charge is 0.368 e. The highest BCUT2D eigenvalue weighted by Gasteiger charge is 2.22. The third kappa shape index (κ3) is 2.82. The van der Waals surface area contributed by atoms with Crippen molar-refractivity contribution < 1.29 is 4.79 Å². The fourth-order valence-electron chi connectivity index (χ4n) is 1.63. The number of hydrogen-bond acceptors (Lipinski definition) is 3. The summed E-state index contributed by atoms with van der Waals surface area (Å²) in [7, 11) is 1.83. The number of aryl methyl sites for hydroxylation is 2. The van der Waals surface area contributed by atoms with E-state index in [1.807, 2.05) is 27.1 Å². The smallest absolute Gasteiger partial charge is 0.239 e. The van der Waals surface area contributed by atoms with Crippen molar-refractivity contribution >= 4 is 5.91 Å². The predicted octanol–water partition coefficient (Wildman–Crippen LogP) is 0.643. The van der Waals surface area contributed by atoms with Gasteiger partial charge in [0.15, 0.2) is 0 Å². The van der Waals surface area contributed by atoms with Gasteiger partial charge in [0.2, 0.25) is 5.91 Å². The van der Waals surface area contributed by atoms with Gasteiger partial charge in [-0.15, -0.1) is 0 Å². The highest BCUT2D eigenvalue weighted by molar-refractivity contribution is 5.81. The monoisotopic (exact) mass is 224 g/mol. The molecule has 2 atom stereocenters. The number of rotatable bonds is 5. The number of carbonyl (C=O) groups excluding carboxylic acids is 1. The molecule has 1 rings (SSSR count). The van der Waals surface area contributed by atoms with Crippen LogP contribution in [0.5, 0.6) is 0 Å². The maximum atomic E-state index is 11.4. The molecule has 16 heavy (non-hydrogen) atoms. The van der Waals surface area contributed by atoms with Crippen LogP contribution in [-0.4, -0.2) is 21.7 Å². The number of primary amides is 1. The molecule has 0 fully saturated rings. The van der Waals surface area contributed by atoms with Crippen LogP contribution in [0.2, 0.25) is 0 Å². The number of hydrogen-bond donors (Lipinski definition) is 2. The highest BCUT2D eigenvalue weighted by atomic mass is 16.1. The van der Waals surface area contributed by atoms with E-state index in [4.69, 9.17) is 5.73 Å². The lowest BCUT2D eigenvalue weighted by molar-refractivity contribution is -0.120. The van der Waals surface area contributed by atoms with Gasteiger partial charge >= 0.3 is 0 Å². The van der Waals surface area contributed by atoms with Crippen molar-refractivity contribution in [2.45, 2.75) is 39.3 Å². The molecule has 0 saturated carbocycles. The summed E-state index contributed by atoms with van der Waals surface area (Å²) in [6.45, 7) is 5.97. The lowest BCUT2D eigenvalue weighted by atomic mass is 10.1. The summed E-state index contributed by atoms with van der Waals surface area (Å²) in [5.74, 6) is -0.364. The molecule has 0 radical (unpaired) electrons. The van der Waals surface area contributed by atoms with E-state index in [0.29, 0.717) is 0 Å². The van der Waals surface area contributed by atoms with E-state index in [9.17, 15) is 4.79 Å². The van der Waals surface area contributed by atoms with Crippen LogP contribution >= 0.6 is 0 Å². The van der Waals surface area contributed by atoms with Gasteiger partial charge in [0.1, 0.15) is 6.04 Å². The second-order valence-corrected chi connectivity index (χ2v) is 4.15. The zero-order valence-electron chi connectivity index (χ0n) is 10.3. The Balaban J connectivity index is 2.94. The van der Waals surface area contributed by atoms with Gasteiger partial charge in [0, 0.05) is 24.8 Å². The van der Waals surface area contributed by atoms with Crippen LogP contribution in [0, 0.1) is 6.92 Å².